The van der Waals surface area contributed by atoms with Gasteiger partial charge in [0.1, 0.15) is 11.6 Å². The molecule has 158 valence electrons. The number of imidazole rings is 1. The number of para-hydroxylation sites is 2. The quantitative estimate of drug-likeness (QED) is 0.460. The third-order valence-corrected chi connectivity index (χ3v) is 6.49. The summed E-state index contributed by atoms with van der Waals surface area (Å²) in [6.45, 7) is 1.14. The van der Waals surface area contributed by atoms with Gasteiger partial charge in [-0.05, 0) is 24.3 Å². The Morgan fingerprint density at radius 3 is 2.81 bits per heavy atom. The van der Waals surface area contributed by atoms with E-state index in [-0.39, 0.29) is 12.5 Å². The summed E-state index contributed by atoms with van der Waals surface area (Å²) in [6.07, 6.45) is -2.15. The first kappa shape index (κ1) is 19.7. The summed E-state index contributed by atoms with van der Waals surface area (Å²) in [5.41, 5.74) is 2.34. The number of hydrogen-bond acceptors (Lipinski definition) is 4. The van der Waals surface area contributed by atoms with Crippen LogP contribution in [0.1, 0.15) is 16.1 Å². The molecule has 0 radical (unpaired) electrons. The number of carbonyl (C=O) groups excluding carboxylic acids is 1. The van der Waals surface area contributed by atoms with Crippen LogP contribution < -0.4 is 0 Å². The molecule has 2 aromatic carbocycles. The fourth-order valence-corrected chi connectivity index (χ4v) is 4.86. The van der Waals surface area contributed by atoms with Crippen molar-refractivity contribution < 1.29 is 18.0 Å². The second-order valence-electron chi connectivity index (χ2n) is 7.39. The standard InChI is InChI=1S/C22H17F3N4OS/c23-22(24,25)15-5-3-4-14(10-15)21-27-17-8-9-28(11-19(17)31-21)20(30)12-29-13-26-16-6-1-2-7-18(16)29/h1-7,10,13H,8-9,11-12H2. The van der Waals surface area contributed by atoms with Crippen LogP contribution in [0, 0.1) is 0 Å². The van der Waals surface area contributed by atoms with Crippen molar-refractivity contribution in [1.29, 1.82) is 0 Å². The lowest BCUT2D eigenvalue weighted by Crippen LogP contribution is -2.37. The van der Waals surface area contributed by atoms with Crippen LogP contribution in [0.15, 0.2) is 54.9 Å². The maximum absolute atomic E-state index is 13.0. The Morgan fingerprint density at radius 2 is 1.97 bits per heavy atom. The van der Waals surface area contributed by atoms with Crippen LogP contribution >= 0.6 is 11.3 Å². The van der Waals surface area contributed by atoms with Crippen LogP contribution in [0.25, 0.3) is 21.6 Å². The van der Waals surface area contributed by atoms with Crippen molar-refractivity contribution in [2.45, 2.75) is 25.7 Å². The maximum Gasteiger partial charge on any atom is 0.416 e. The summed E-state index contributed by atoms with van der Waals surface area (Å²) in [5.74, 6) is -0.0252. The van der Waals surface area contributed by atoms with Crippen molar-refractivity contribution in [2.75, 3.05) is 6.54 Å². The Labute approximate surface area is 179 Å². The van der Waals surface area contributed by atoms with Crippen LogP contribution in [0.3, 0.4) is 0 Å². The molecule has 0 N–H and O–H groups in total. The fourth-order valence-electron chi connectivity index (χ4n) is 3.74. The van der Waals surface area contributed by atoms with Crippen LogP contribution in [0.5, 0.6) is 0 Å². The van der Waals surface area contributed by atoms with Crippen LogP contribution in [-0.2, 0) is 30.5 Å². The zero-order valence-electron chi connectivity index (χ0n) is 16.3. The predicted octanol–water partition coefficient (Wildman–Crippen LogP) is 4.76. The van der Waals surface area contributed by atoms with Crippen LogP contribution in [-0.4, -0.2) is 31.9 Å². The number of nitrogens with zero attached hydrogens (tertiary/aromatic N) is 4. The Bertz CT molecular complexity index is 1280. The van der Waals surface area contributed by atoms with E-state index in [4.69, 9.17) is 0 Å². The summed E-state index contributed by atoms with van der Waals surface area (Å²) in [6, 6.07) is 12.8. The molecule has 4 aromatic rings. The first-order chi connectivity index (χ1) is 14.9. The van der Waals surface area contributed by atoms with E-state index in [1.54, 1.807) is 17.3 Å². The van der Waals surface area contributed by atoms with E-state index >= 15 is 0 Å². The van der Waals surface area contributed by atoms with Crippen LogP contribution in [0.4, 0.5) is 13.2 Å². The Hall–Kier alpha value is -3.20. The number of hydrogen-bond donors (Lipinski definition) is 0. The molecular formula is C22H17F3N4OS. The third kappa shape index (κ3) is 3.81. The lowest BCUT2D eigenvalue weighted by atomic mass is 10.1. The van der Waals surface area contributed by atoms with Gasteiger partial charge in [-0.15, -0.1) is 11.3 Å². The molecule has 0 aliphatic carbocycles. The molecule has 0 fully saturated rings. The maximum atomic E-state index is 13.0. The Kier molecular flexibility index (Phi) is 4.77. The first-order valence-corrected chi connectivity index (χ1v) is 10.5. The largest absolute Gasteiger partial charge is 0.416 e. The number of fused-ring (bicyclic) bond motifs is 2. The van der Waals surface area contributed by atoms with E-state index in [2.05, 4.69) is 9.97 Å². The Balaban J connectivity index is 1.34. The van der Waals surface area contributed by atoms with Gasteiger partial charge in [-0.1, -0.05) is 24.3 Å². The molecule has 3 heterocycles. The molecule has 0 saturated carbocycles. The molecule has 5 nitrogen and oxygen atoms in total. The highest BCUT2D eigenvalue weighted by atomic mass is 32.1. The Morgan fingerprint density at radius 1 is 1.13 bits per heavy atom. The summed E-state index contributed by atoms with van der Waals surface area (Å²) in [5, 5.41) is 0.547. The fraction of sp³-hybridized carbons (Fsp3) is 0.227. The van der Waals surface area contributed by atoms with E-state index in [0.29, 0.717) is 30.1 Å². The summed E-state index contributed by atoms with van der Waals surface area (Å²) in [4.78, 5) is 24.4. The van der Waals surface area contributed by atoms with Gasteiger partial charge in [-0.25, -0.2) is 9.97 Å². The van der Waals surface area contributed by atoms with Gasteiger partial charge < -0.3 is 9.47 Å². The molecule has 1 aliphatic rings. The number of rotatable bonds is 3. The van der Waals surface area contributed by atoms with Gasteiger partial charge in [0.05, 0.1) is 35.2 Å². The molecule has 0 saturated heterocycles. The molecule has 0 unspecified atom stereocenters. The van der Waals surface area contributed by atoms with Gasteiger partial charge >= 0.3 is 6.18 Å². The van der Waals surface area contributed by atoms with Gasteiger partial charge in [0.15, 0.2) is 0 Å². The summed E-state index contributed by atoms with van der Waals surface area (Å²) in [7, 11) is 0. The van der Waals surface area contributed by atoms with Crippen molar-refractivity contribution in [2.24, 2.45) is 0 Å². The second kappa shape index (κ2) is 7.49. The molecular weight excluding hydrogens is 425 g/mol. The zero-order chi connectivity index (χ0) is 21.6. The second-order valence-corrected chi connectivity index (χ2v) is 8.48. The van der Waals surface area contributed by atoms with Crippen molar-refractivity contribution in [1.82, 2.24) is 19.4 Å². The van der Waals surface area contributed by atoms with E-state index in [9.17, 15) is 18.0 Å². The number of aromatic nitrogens is 3. The smallest absolute Gasteiger partial charge is 0.336 e. The van der Waals surface area contributed by atoms with Gasteiger partial charge in [0, 0.05) is 23.4 Å². The van der Waals surface area contributed by atoms with E-state index in [1.165, 1.54) is 17.4 Å². The molecule has 9 heteroatoms. The lowest BCUT2D eigenvalue weighted by Gasteiger charge is -2.26. The molecule has 0 atom stereocenters. The number of alkyl halides is 3. The minimum absolute atomic E-state index is 0.0252. The van der Waals surface area contributed by atoms with E-state index in [0.717, 1.165) is 33.7 Å². The monoisotopic (exact) mass is 442 g/mol. The first-order valence-electron chi connectivity index (χ1n) is 9.72. The number of carbonyl (C=O) groups is 1. The molecule has 1 aliphatic heterocycles. The average molecular weight is 442 g/mol. The number of thiazole rings is 1. The molecule has 2 aromatic heterocycles. The van der Waals surface area contributed by atoms with Crippen molar-refractivity contribution in [3.05, 3.63) is 71.0 Å². The average Bonchev–Trinajstić information content (AvgIpc) is 3.37. The van der Waals surface area contributed by atoms with Crippen molar-refractivity contribution in [3.8, 4) is 10.6 Å². The van der Waals surface area contributed by atoms with Gasteiger partial charge in [-0.3, -0.25) is 4.79 Å². The van der Waals surface area contributed by atoms with Crippen molar-refractivity contribution in [3.63, 3.8) is 0 Å². The van der Waals surface area contributed by atoms with E-state index < -0.39 is 11.7 Å². The SMILES string of the molecule is O=C(Cn1cnc2ccccc21)N1CCc2nc(-c3cccc(C(F)(F)F)c3)sc2C1. The minimum Gasteiger partial charge on any atom is -0.336 e. The molecule has 5 rings (SSSR count). The zero-order valence-corrected chi connectivity index (χ0v) is 17.1. The molecule has 1 amide bonds. The highest BCUT2D eigenvalue weighted by Gasteiger charge is 2.31. The molecule has 0 bridgehead atoms. The summed E-state index contributed by atoms with van der Waals surface area (Å²) < 4.78 is 40.9. The lowest BCUT2D eigenvalue weighted by molar-refractivity contribution is -0.137. The number of halogens is 3. The number of benzene rings is 2. The minimum atomic E-state index is -4.40. The van der Waals surface area contributed by atoms with Crippen molar-refractivity contribution >= 4 is 28.3 Å². The predicted molar refractivity (Wildman–Crippen MR) is 111 cm³/mol. The summed E-state index contributed by atoms with van der Waals surface area (Å²) >= 11 is 1.35. The highest BCUT2D eigenvalue weighted by molar-refractivity contribution is 7.15. The van der Waals surface area contributed by atoms with Gasteiger partial charge in [0.25, 0.3) is 0 Å². The highest BCUT2D eigenvalue weighted by Crippen LogP contribution is 2.35. The van der Waals surface area contributed by atoms with Gasteiger partial charge in [0.2, 0.25) is 5.91 Å². The topological polar surface area (TPSA) is 51.0 Å². The van der Waals surface area contributed by atoms with Crippen LogP contribution in [0.2, 0.25) is 0 Å². The van der Waals surface area contributed by atoms with Gasteiger partial charge in [-0.2, -0.15) is 13.2 Å². The molecule has 31 heavy (non-hydrogen) atoms. The number of amides is 1. The third-order valence-electron chi connectivity index (χ3n) is 5.35. The van der Waals surface area contributed by atoms with E-state index in [1.807, 2.05) is 28.8 Å². The normalized spacial score (nSPS) is 14.1. The molecule has 0 spiro atoms.